The molecule has 0 aliphatic carbocycles. The Bertz CT molecular complexity index is 831. The van der Waals surface area contributed by atoms with E-state index in [4.69, 9.17) is 10.2 Å². The second-order valence-corrected chi connectivity index (χ2v) is 7.16. The predicted molar refractivity (Wildman–Crippen MR) is 116 cm³/mol. The first-order chi connectivity index (χ1) is 14.8. The van der Waals surface area contributed by atoms with Crippen molar-refractivity contribution in [2.75, 3.05) is 10.6 Å². The Hall–Kier alpha value is -3.68. The van der Waals surface area contributed by atoms with Gasteiger partial charge >= 0.3 is 11.9 Å². The monoisotopic (exact) mass is 426 g/mol. The molecule has 0 radical (unpaired) electrons. The number of carbonyl (C=O) groups excluding carboxylic acids is 2. The average molecular weight is 426 g/mol. The van der Waals surface area contributed by atoms with Crippen molar-refractivity contribution in [2.24, 2.45) is 0 Å². The van der Waals surface area contributed by atoms with E-state index < -0.39 is 11.9 Å². The van der Waals surface area contributed by atoms with Crippen LogP contribution in [0.3, 0.4) is 0 Å². The molecule has 2 amide bonds. The molecule has 0 fully saturated rings. The van der Waals surface area contributed by atoms with E-state index in [1.807, 2.05) is 24.3 Å². The van der Waals surface area contributed by atoms with Crippen molar-refractivity contribution in [3.63, 3.8) is 0 Å². The number of nitrogens with one attached hydrogen (secondary N) is 2. The van der Waals surface area contributed by atoms with Gasteiger partial charge in [-0.25, -0.2) is 0 Å². The first-order valence-corrected chi connectivity index (χ1v) is 10.0. The second-order valence-electron chi connectivity index (χ2n) is 7.16. The molecule has 0 aliphatic heterocycles. The Labute approximate surface area is 180 Å². The number of hydrogen-bond donors (Lipinski definition) is 4. The highest BCUT2D eigenvalue weighted by atomic mass is 16.4. The lowest BCUT2D eigenvalue weighted by Crippen LogP contribution is -2.12. The maximum atomic E-state index is 11.8. The zero-order valence-corrected chi connectivity index (χ0v) is 17.1. The summed E-state index contributed by atoms with van der Waals surface area (Å²) in [4.78, 5) is 44.6. The van der Waals surface area contributed by atoms with Crippen LogP contribution in [0.1, 0.15) is 49.7 Å². The lowest BCUT2D eigenvalue weighted by molar-refractivity contribution is -0.138. The summed E-state index contributed by atoms with van der Waals surface area (Å²) >= 11 is 0. The maximum absolute atomic E-state index is 11.8. The normalized spacial score (nSPS) is 10.3. The van der Waals surface area contributed by atoms with Crippen LogP contribution < -0.4 is 10.6 Å². The summed E-state index contributed by atoms with van der Waals surface area (Å²) in [5, 5.41) is 22.7. The summed E-state index contributed by atoms with van der Waals surface area (Å²) in [6.45, 7) is 0. The smallest absolute Gasteiger partial charge is 0.303 e. The third-order valence-corrected chi connectivity index (χ3v) is 4.47. The van der Waals surface area contributed by atoms with Crippen LogP contribution in [-0.4, -0.2) is 34.0 Å². The van der Waals surface area contributed by atoms with Gasteiger partial charge in [-0.15, -0.1) is 0 Å². The largest absolute Gasteiger partial charge is 0.481 e. The molecule has 8 heteroatoms. The zero-order valence-electron chi connectivity index (χ0n) is 17.1. The van der Waals surface area contributed by atoms with Gasteiger partial charge in [0.25, 0.3) is 0 Å². The van der Waals surface area contributed by atoms with Crippen molar-refractivity contribution in [2.45, 2.75) is 44.9 Å². The molecule has 0 aliphatic rings. The number of anilines is 2. The summed E-state index contributed by atoms with van der Waals surface area (Å²) in [5.41, 5.74) is 3.42. The fourth-order valence-electron chi connectivity index (χ4n) is 2.89. The lowest BCUT2D eigenvalue weighted by Gasteiger charge is -2.08. The molecule has 0 heterocycles. The SMILES string of the molecule is O=C(O)CCCC(=O)Nc1ccc(Cc2ccc(NC(=O)CCCC(=O)O)cc2)cc1. The molecule has 0 aromatic heterocycles. The average Bonchev–Trinajstić information content (AvgIpc) is 2.70. The molecule has 0 spiro atoms. The van der Waals surface area contributed by atoms with Crippen molar-refractivity contribution in [3.8, 4) is 0 Å². The van der Waals surface area contributed by atoms with E-state index in [1.54, 1.807) is 24.3 Å². The molecular formula is C23H26N2O6. The molecule has 2 aromatic rings. The third kappa shape index (κ3) is 9.58. The van der Waals surface area contributed by atoms with Crippen molar-refractivity contribution in [3.05, 3.63) is 59.7 Å². The molecule has 164 valence electrons. The van der Waals surface area contributed by atoms with Gasteiger partial charge < -0.3 is 20.8 Å². The molecular weight excluding hydrogens is 400 g/mol. The van der Waals surface area contributed by atoms with Gasteiger partial charge in [0.05, 0.1) is 0 Å². The molecule has 31 heavy (non-hydrogen) atoms. The van der Waals surface area contributed by atoms with Gasteiger partial charge in [0, 0.05) is 37.1 Å². The maximum Gasteiger partial charge on any atom is 0.303 e. The van der Waals surface area contributed by atoms with E-state index in [0.29, 0.717) is 30.6 Å². The van der Waals surface area contributed by atoms with Gasteiger partial charge in [0.1, 0.15) is 0 Å². The number of carboxylic acids is 2. The van der Waals surface area contributed by atoms with Gasteiger partial charge in [-0.3, -0.25) is 19.2 Å². The van der Waals surface area contributed by atoms with Crippen molar-refractivity contribution in [1.82, 2.24) is 0 Å². The van der Waals surface area contributed by atoms with Crippen LogP contribution in [0.4, 0.5) is 11.4 Å². The summed E-state index contributed by atoms with van der Waals surface area (Å²) < 4.78 is 0. The van der Waals surface area contributed by atoms with Crippen LogP contribution in [0.25, 0.3) is 0 Å². The number of amides is 2. The summed E-state index contributed by atoms with van der Waals surface area (Å²) in [7, 11) is 0. The van der Waals surface area contributed by atoms with Crippen LogP contribution in [0.15, 0.2) is 48.5 Å². The molecule has 0 saturated carbocycles. The van der Waals surface area contributed by atoms with Crippen LogP contribution in [0, 0.1) is 0 Å². The fourth-order valence-corrected chi connectivity index (χ4v) is 2.89. The Morgan fingerprint density at radius 3 is 1.26 bits per heavy atom. The summed E-state index contributed by atoms with van der Waals surface area (Å²) in [5.74, 6) is -2.25. The second kappa shape index (κ2) is 12.1. The van der Waals surface area contributed by atoms with E-state index >= 15 is 0 Å². The van der Waals surface area contributed by atoms with Crippen molar-refractivity contribution < 1.29 is 29.4 Å². The predicted octanol–water partition coefficient (Wildman–Crippen LogP) is 3.66. The van der Waals surface area contributed by atoms with Crippen LogP contribution in [0.5, 0.6) is 0 Å². The van der Waals surface area contributed by atoms with Gasteiger partial charge in [-0.2, -0.15) is 0 Å². The Morgan fingerprint density at radius 1 is 0.581 bits per heavy atom. The zero-order chi connectivity index (χ0) is 22.6. The number of rotatable bonds is 12. The van der Waals surface area contributed by atoms with E-state index in [0.717, 1.165) is 11.1 Å². The highest BCUT2D eigenvalue weighted by Crippen LogP contribution is 2.16. The standard InChI is InChI=1S/C23H26N2O6/c26-20(3-1-5-22(28)29)24-18-11-7-16(8-12-18)15-17-9-13-19(14-10-17)25-21(27)4-2-6-23(30)31/h7-14H,1-6,15H2,(H,24,26)(H,25,27)(H,28,29)(H,30,31). The van der Waals surface area contributed by atoms with Gasteiger partial charge in [0.2, 0.25) is 11.8 Å². The Kier molecular flexibility index (Phi) is 9.22. The van der Waals surface area contributed by atoms with Crippen molar-refractivity contribution >= 4 is 35.1 Å². The van der Waals surface area contributed by atoms with E-state index in [9.17, 15) is 19.2 Å². The number of benzene rings is 2. The number of hydrogen-bond acceptors (Lipinski definition) is 4. The first-order valence-electron chi connectivity index (χ1n) is 10.0. The third-order valence-electron chi connectivity index (χ3n) is 4.47. The minimum absolute atomic E-state index is 0.0282. The summed E-state index contributed by atoms with van der Waals surface area (Å²) in [6, 6.07) is 14.8. The molecule has 0 bridgehead atoms. The summed E-state index contributed by atoms with van der Waals surface area (Å²) in [6.07, 6.45) is 1.56. The fraction of sp³-hybridized carbons (Fsp3) is 0.304. The van der Waals surface area contributed by atoms with E-state index in [-0.39, 0.29) is 37.5 Å². The topological polar surface area (TPSA) is 133 Å². The number of aliphatic carboxylic acids is 2. The van der Waals surface area contributed by atoms with E-state index in [1.165, 1.54) is 0 Å². The quantitative estimate of drug-likeness (QED) is 0.409. The molecule has 8 nitrogen and oxygen atoms in total. The molecule has 0 saturated heterocycles. The molecule has 2 aromatic carbocycles. The first kappa shape index (κ1) is 23.6. The van der Waals surface area contributed by atoms with Crippen LogP contribution in [-0.2, 0) is 25.6 Å². The number of carbonyl (C=O) groups is 4. The minimum Gasteiger partial charge on any atom is -0.481 e. The molecule has 0 unspecified atom stereocenters. The molecule has 0 atom stereocenters. The van der Waals surface area contributed by atoms with Gasteiger partial charge in [0.15, 0.2) is 0 Å². The number of carboxylic acid groups (broad SMARTS) is 2. The van der Waals surface area contributed by atoms with Crippen LogP contribution in [0.2, 0.25) is 0 Å². The highest BCUT2D eigenvalue weighted by Gasteiger charge is 2.06. The van der Waals surface area contributed by atoms with Crippen molar-refractivity contribution in [1.29, 1.82) is 0 Å². The molecule has 4 N–H and O–H groups in total. The molecule has 2 rings (SSSR count). The Morgan fingerprint density at radius 2 is 0.935 bits per heavy atom. The van der Waals surface area contributed by atoms with Gasteiger partial charge in [-0.1, -0.05) is 24.3 Å². The van der Waals surface area contributed by atoms with Crippen LogP contribution >= 0.6 is 0 Å². The van der Waals surface area contributed by atoms with E-state index in [2.05, 4.69) is 10.6 Å². The lowest BCUT2D eigenvalue weighted by atomic mass is 10.0. The minimum atomic E-state index is -0.914. The highest BCUT2D eigenvalue weighted by molar-refractivity contribution is 5.91. The van der Waals surface area contributed by atoms with Gasteiger partial charge in [-0.05, 0) is 54.7 Å². The Balaban J connectivity index is 1.79.